The fraction of sp³-hybridized carbons (Fsp3) is 0.529. The molecule has 21 heavy (non-hydrogen) atoms. The molecule has 2 atom stereocenters. The average molecular weight is 292 g/mol. The summed E-state index contributed by atoms with van der Waals surface area (Å²) in [6, 6.07) is 5.99. The summed E-state index contributed by atoms with van der Waals surface area (Å²) < 4.78 is 24.4. The van der Waals surface area contributed by atoms with Gasteiger partial charge in [0.1, 0.15) is 24.3 Å². The van der Waals surface area contributed by atoms with E-state index in [2.05, 4.69) is 11.8 Å². The van der Waals surface area contributed by atoms with E-state index < -0.39 is 0 Å². The van der Waals surface area contributed by atoms with Crippen molar-refractivity contribution in [3.63, 3.8) is 0 Å². The highest BCUT2D eigenvalue weighted by Gasteiger charge is 2.19. The van der Waals surface area contributed by atoms with E-state index >= 15 is 0 Å². The Hall–Kier alpha value is -1.57. The summed E-state index contributed by atoms with van der Waals surface area (Å²) >= 11 is 0. The van der Waals surface area contributed by atoms with Crippen LogP contribution in [0.5, 0.6) is 5.75 Å². The molecule has 0 aromatic heterocycles. The first-order chi connectivity index (χ1) is 10.3. The summed E-state index contributed by atoms with van der Waals surface area (Å²) in [5.74, 6) is 6.36. The summed E-state index contributed by atoms with van der Waals surface area (Å²) in [7, 11) is 0. The zero-order valence-electron chi connectivity index (χ0n) is 12.1. The van der Waals surface area contributed by atoms with Crippen molar-refractivity contribution in [1.29, 1.82) is 0 Å². The number of aliphatic hydroxyl groups excluding tert-OH is 1. The van der Waals surface area contributed by atoms with Crippen molar-refractivity contribution >= 4 is 0 Å². The third-order valence-electron chi connectivity index (χ3n) is 3.35. The third-order valence-corrected chi connectivity index (χ3v) is 3.35. The van der Waals surface area contributed by atoms with Gasteiger partial charge in [-0.15, -0.1) is 0 Å². The maximum atomic E-state index is 12.8. The molecule has 0 radical (unpaired) electrons. The summed E-state index contributed by atoms with van der Waals surface area (Å²) in [6.45, 7) is 0.528. The van der Waals surface area contributed by atoms with Crippen LogP contribution in [0, 0.1) is 17.7 Å². The number of hydrogen-bond donors (Lipinski definition) is 1. The minimum atomic E-state index is -0.271. The molecule has 1 aromatic carbocycles. The Balaban J connectivity index is 1.84. The van der Waals surface area contributed by atoms with E-state index in [4.69, 9.17) is 14.6 Å². The van der Waals surface area contributed by atoms with Gasteiger partial charge in [-0.2, -0.15) is 0 Å². The Morgan fingerprint density at radius 2 is 2.00 bits per heavy atom. The maximum absolute atomic E-state index is 12.8. The van der Waals surface area contributed by atoms with E-state index in [0.717, 1.165) is 25.7 Å². The molecule has 0 saturated carbocycles. The van der Waals surface area contributed by atoms with Gasteiger partial charge in [0.25, 0.3) is 0 Å². The highest BCUT2D eigenvalue weighted by Crippen LogP contribution is 2.20. The van der Waals surface area contributed by atoms with Crippen LogP contribution in [0.1, 0.15) is 32.1 Å². The van der Waals surface area contributed by atoms with Gasteiger partial charge < -0.3 is 14.6 Å². The standard InChI is InChI=1S/C17H21FO3/c18-14-8-10-15(11-9-14)20-13-17-7-2-1-5-16(21-17)6-3-4-12-19/h8-11,16-17,19H,1-2,4-5,7,12-13H2/t16-,17+/m1/s1. The number of halogens is 1. The Morgan fingerprint density at radius 3 is 2.76 bits per heavy atom. The molecular formula is C17H21FO3. The number of hydrogen-bond acceptors (Lipinski definition) is 3. The van der Waals surface area contributed by atoms with Crippen molar-refractivity contribution in [2.24, 2.45) is 0 Å². The van der Waals surface area contributed by atoms with Crippen LogP contribution in [0.2, 0.25) is 0 Å². The summed E-state index contributed by atoms with van der Waals surface area (Å²) in [4.78, 5) is 0. The number of aliphatic hydroxyl groups is 1. The van der Waals surface area contributed by atoms with Gasteiger partial charge in [-0.25, -0.2) is 4.39 Å². The lowest BCUT2D eigenvalue weighted by Gasteiger charge is -2.18. The van der Waals surface area contributed by atoms with Crippen molar-refractivity contribution in [1.82, 2.24) is 0 Å². The molecule has 0 aliphatic carbocycles. The first kappa shape index (κ1) is 15.8. The van der Waals surface area contributed by atoms with E-state index in [1.54, 1.807) is 12.1 Å². The Bertz CT molecular complexity index is 475. The zero-order chi connectivity index (χ0) is 14.9. The predicted octanol–water partition coefficient (Wildman–Crippen LogP) is 2.92. The maximum Gasteiger partial charge on any atom is 0.123 e. The molecule has 4 heteroatoms. The predicted molar refractivity (Wildman–Crippen MR) is 78.5 cm³/mol. The quantitative estimate of drug-likeness (QED) is 0.867. The van der Waals surface area contributed by atoms with Crippen molar-refractivity contribution in [3.8, 4) is 17.6 Å². The minimum absolute atomic E-state index is 0.00554. The molecule has 0 amide bonds. The first-order valence-electron chi connectivity index (χ1n) is 7.41. The third kappa shape index (κ3) is 5.74. The highest BCUT2D eigenvalue weighted by atomic mass is 19.1. The van der Waals surface area contributed by atoms with Crippen LogP contribution in [0.15, 0.2) is 24.3 Å². The van der Waals surface area contributed by atoms with Gasteiger partial charge in [0.15, 0.2) is 0 Å². The minimum Gasteiger partial charge on any atom is -0.491 e. The molecule has 3 nitrogen and oxygen atoms in total. The Labute approximate surface area is 125 Å². The zero-order valence-corrected chi connectivity index (χ0v) is 12.1. The van der Waals surface area contributed by atoms with Gasteiger partial charge in [0, 0.05) is 6.42 Å². The van der Waals surface area contributed by atoms with Crippen molar-refractivity contribution in [3.05, 3.63) is 30.1 Å². The average Bonchev–Trinajstić information content (AvgIpc) is 2.72. The van der Waals surface area contributed by atoms with Crippen molar-refractivity contribution in [2.75, 3.05) is 13.2 Å². The normalized spacial score (nSPS) is 22.0. The molecule has 0 unspecified atom stereocenters. The van der Waals surface area contributed by atoms with Crippen LogP contribution in [-0.2, 0) is 4.74 Å². The molecule has 1 aliphatic heterocycles. The van der Waals surface area contributed by atoms with Crippen LogP contribution >= 0.6 is 0 Å². The summed E-state index contributed by atoms with van der Waals surface area (Å²) in [5.41, 5.74) is 0. The van der Waals surface area contributed by atoms with Crippen LogP contribution in [0.25, 0.3) is 0 Å². The monoisotopic (exact) mass is 292 g/mol. The molecule has 2 rings (SSSR count). The molecule has 0 bridgehead atoms. The largest absolute Gasteiger partial charge is 0.491 e. The second kappa shape index (κ2) is 8.66. The lowest BCUT2D eigenvalue weighted by Crippen LogP contribution is -2.25. The van der Waals surface area contributed by atoms with Gasteiger partial charge in [-0.3, -0.25) is 0 Å². The van der Waals surface area contributed by atoms with Crippen LogP contribution in [-0.4, -0.2) is 30.5 Å². The van der Waals surface area contributed by atoms with Crippen LogP contribution in [0.3, 0.4) is 0 Å². The van der Waals surface area contributed by atoms with E-state index in [0.29, 0.717) is 18.8 Å². The molecule has 0 spiro atoms. The van der Waals surface area contributed by atoms with Gasteiger partial charge in [-0.05, 0) is 43.5 Å². The van der Waals surface area contributed by atoms with Gasteiger partial charge >= 0.3 is 0 Å². The van der Waals surface area contributed by atoms with Crippen LogP contribution in [0.4, 0.5) is 4.39 Å². The van der Waals surface area contributed by atoms with Crippen molar-refractivity contribution < 1.29 is 19.0 Å². The Morgan fingerprint density at radius 1 is 1.24 bits per heavy atom. The molecule has 1 saturated heterocycles. The fourth-order valence-corrected chi connectivity index (χ4v) is 2.26. The van der Waals surface area contributed by atoms with E-state index in [-0.39, 0.29) is 24.6 Å². The topological polar surface area (TPSA) is 38.7 Å². The van der Waals surface area contributed by atoms with Gasteiger partial charge in [-0.1, -0.05) is 18.3 Å². The molecule has 1 aromatic rings. The van der Waals surface area contributed by atoms with Gasteiger partial charge in [0.05, 0.1) is 12.7 Å². The molecule has 114 valence electrons. The van der Waals surface area contributed by atoms with E-state index in [1.807, 2.05) is 0 Å². The van der Waals surface area contributed by atoms with E-state index in [1.165, 1.54) is 12.1 Å². The molecule has 1 fully saturated rings. The Kier molecular flexibility index (Phi) is 6.52. The SMILES string of the molecule is OCCC#C[C@H]1CCCC[C@@H](COc2ccc(F)cc2)O1. The highest BCUT2D eigenvalue weighted by molar-refractivity contribution is 5.22. The van der Waals surface area contributed by atoms with Gasteiger partial charge in [0.2, 0.25) is 0 Å². The number of ether oxygens (including phenoxy) is 2. The lowest BCUT2D eigenvalue weighted by atomic mass is 10.1. The number of benzene rings is 1. The van der Waals surface area contributed by atoms with Crippen molar-refractivity contribution in [2.45, 2.75) is 44.3 Å². The molecular weight excluding hydrogens is 271 g/mol. The lowest BCUT2D eigenvalue weighted by molar-refractivity contribution is -0.00472. The molecule has 1 N–H and O–H groups in total. The second-order valence-electron chi connectivity index (χ2n) is 5.09. The second-order valence-corrected chi connectivity index (χ2v) is 5.09. The van der Waals surface area contributed by atoms with Crippen LogP contribution < -0.4 is 4.74 Å². The first-order valence-corrected chi connectivity index (χ1v) is 7.41. The summed E-state index contributed by atoms with van der Waals surface area (Å²) in [5, 5.41) is 8.74. The smallest absolute Gasteiger partial charge is 0.123 e. The van der Waals surface area contributed by atoms with E-state index in [9.17, 15) is 4.39 Å². The number of rotatable bonds is 4. The fourth-order valence-electron chi connectivity index (χ4n) is 2.26. The molecule has 1 aliphatic rings. The summed E-state index contributed by atoms with van der Waals surface area (Å²) in [6.07, 6.45) is 4.45. The molecule has 1 heterocycles.